The van der Waals surface area contributed by atoms with Crippen LogP contribution >= 0.6 is 38.9 Å². The largest absolute Gasteiger partial charge is 0.339 e. The summed E-state index contributed by atoms with van der Waals surface area (Å²) in [5.74, 6) is 0.743. The summed E-state index contributed by atoms with van der Waals surface area (Å²) in [6.45, 7) is 4.18. The second-order valence-corrected chi connectivity index (χ2v) is 6.93. The van der Waals surface area contributed by atoms with Crippen molar-refractivity contribution in [3.63, 3.8) is 0 Å². The number of thiophene rings is 1. The van der Waals surface area contributed by atoms with Gasteiger partial charge in [-0.1, -0.05) is 19.1 Å². The zero-order valence-corrected chi connectivity index (χ0v) is 14.7. The lowest BCUT2D eigenvalue weighted by molar-refractivity contribution is 1.19. The second kappa shape index (κ2) is 5.91. The Kier molecular flexibility index (Phi) is 4.15. The van der Waals surface area contributed by atoms with E-state index in [1.54, 1.807) is 11.3 Å². The molecule has 3 rings (SSSR count). The smallest absolute Gasteiger partial charge is 0.225 e. The molecule has 0 aliphatic carbocycles. The quantitative estimate of drug-likeness (QED) is 0.588. The molecule has 0 unspecified atom stereocenters. The lowest BCUT2D eigenvalue weighted by atomic mass is 10.2. The molecule has 3 aromatic rings. The van der Waals surface area contributed by atoms with Crippen molar-refractivity contribution < 1.29 is 0 Å². The fourth-order valence-corrected chi connectivity index (χ4v) is 3.64. The zero-order valence-electron chi connectivity index (χ0n) is 11.6. The SMILES string of the molecule is CCc1cc2c(Nc3cccc(C)c3Br)nc(Cl)nc2s1. The molecular weight excluding hydrogens is 370 g/mol. The molecule has 0 radical (unpaired) electrons. The fourth-order valence-electron chi connectivity index (χ4n) is 2.09. The first kappa shape index (κ1) is 14.8. The highest BCUT2D eigenvalue weighted by atomic mass is 79.9. The summed E-state index contributed by atoms with van der Waals surface area (Å²) in [5.41, 5.74) is 2.13. The van der Waals surface area contributed by atoms with Gasteiger partial charge in [0, 0.05) is 9.35 Å². The monoisotopic (exact) mass is 381 g/mol. The third-order valence-corrected chi connectivity index (χ3v) is 5.60. The Hall–Kier alpha value is -1.17. The van der Waals surface area contributed by atoms with E-state index in [2.05, 4.69) is 57.2 Å². The molecule has 2 aromatic heterocycles. The van der Waals surface area contributed by atoms with E-state index in [4.69, 9.17) is 11.6 Å². The Labute approximate surface area is 140 Å². The molecule has 0 atom stereocenters. The highest BCUT2D eigenvalue weighted by Gasteiger charge is 2.12. The summed E-state index contributed by atoms with van der Waals surface area (Å²) in [6, 6.07) is 8.19. The number of benzene rings is 1. The third kappa shape index (κ3) is 2.91. The number of nitrogens with zero attached hydrogens (tertiary/aromatic N) is 2. The molecule has 108 valence electrons. The van der Waals surface area contributed by atoms with Crippen LogP contribution in [0.5, 0.6) is 0 Å². The molecule has 0 bridgehead atoms. The second-order valence-electron chi connectivity index (χ2n) is 4.69. The van der Waals surface area contributed by atoms with Gasteiger partial charge in [-0.3, -0.25) is 0 Å². The fraction of sp³-hybridized carbons (Fsp3) is 0.200. The van der Waals surface area contributed by atoms with Crippen LogP contribution in [0.2, 0.25) is 5.28 Å². The average molecular weight is 383 g/mol. The molecule has 0 aliphatic rings. The number of hydrogen-bond donors (Lipinski definition) is 1. The van der Waals surface area contributed by atoms with Gasteiger partial charge in [-0.25, -0.2) is 4.98 Å². The summed E-state index contributed by atoms with van der Waals surface area (Å²) in [4.78, 5) is 10.8. The summed E-state index contributed by atoms with van der Waals surface area (Å²) in [6.07, 6.45) is 0.978. The first-order valence-corrected chi connectivity index (χ1v) is 8.55. The van der Waals surface area contributed by atoms with Crippen LogP contribution in [-0.2, 0) is 6.42 Å². The van der Waals surface area contributed by atoms with Crippen molar-refractivity contribution >= 4 is 60.6 Å². The van der Waals surface area contributed by atoms with E-state index in [0.717, 1.165) is 38.2 Å². The molecule has 0 saturated heterocycles. The van der Waals surface area contributed by atoms with Gasteiger partial charge in [0.15, 0.2) is 0 Å². The summed E-state index contributed by atoms with van der Waals surface area (Å²) in [5, 5.41) is 4.63. The summed E-state index contributed by atoms with van der Waals surface area (Å²) < 4.78 is 1.03. The Morgan fingerprint density at radius 1 is 1.33 bits per heavy atom. The molecule has 6 heteroatoms. The van der Waals surface area contributed by atoms with E-state index in [1.807, 2.05) is 12.1 Å². The highest BCUT2D eigenvalue weighted by Crippen LogP contribution is 2.34. The molecule has 0 saturated carbocycles. The van der Waals surface area contributed by atoms with Crippen molar-refractivity contribution in [1.29, 1.82) is 0 Å². The van der Waals surface area contributed by atoms with Crippen LogP contribution in [0, 0.1) is 6.92 Å². The van der Waals surface area contributed by atoms with Gasteiger partial charge < -0.3 is 5.32 Å². The van der Waals surface area contributed by atoms with Crippen LogP contribution in [0.4, 0.5) is 11.5 Å². The van der Waals surface area contributed by atoms with Crippen LogP contribution in [0.25, 0.3) is 10.2 Å². The molecule has 1 aromatic carbocycles. The summed E-state index contributed by atoms with van der Waals surface area (Å²) in [7, 11) is 0. The first-order chi connectivity index (χ1) is 10.1. The van der Waals surface area contributed by atoms with Crippen LogP contribution in [-0.4, -0.2) is 9.97 Å². The first-order valence-electron chi connectivity index (χ1n) is 6.56. The van der Waals surface area contributed by atoms with Crippen molar-refractivity contribution in [3.05, 3.63) is 44.5 Å². The minimum absolute atomic E-state index is 0.262. The molecular formula is C15H13BrClN3S. The maximum absolute atomic E-state index is 6.05. The molecule has 0 amide bonds. The predicted octanol–water partition coefficient (Wildman–Crippen LogP) is 5.72. The van der Waals surface area contributed by atoms with Gasteiger partial charge in [-0.2, -0.15) is 4.98 Å². The lowest BCUT2D eigenvalue weighted by Crippen LogP contribution is -1.97. The Morgan fingerprint density at radius 2 is 2.14 bits per heavy atom. The Bertz CT molecular complexity index is 816. The maximum atomic E-state index is 6.05. The van der Waals surface area contributed by atoms with Gasteiger partial charge in [-0.05, 0) is 58.6 Å². The van der Waals surface area contributed by atoms with E-state index < -0.39 is 0 Å². The van der Waals surface area contributed by atoms with Crippen LogP contribution in [0.1, 0.15) is 17.4 Å². The minimum atomic E-state index is 0.262. The van der Waals surface area contributed by atoms with Gasteiger partial charge in [0.1, 0.15) is 10.6 Å². The molecule has 1 N–H and O–H groups in total. The van der Waals surface area contributed by atoms with Crippen LogP contribution in [0.3, 0.4) is 0 Å². The van der Waals surface area contributed by atoms with E-state index >= 15 is 0 Å². The zero-order chi connectivity index (χ0) is 15.0. The van der Waals surface area contributed by atoms with Gasteiger partial charge in [0.2, 0.25) is 5.28 Å². The van der Waals surface area contributed by atoms with Crippen molar-refractivity contribution in [2.75, 3.05) is 5.32 Å². The van der Waals surface area contributed by atoms with Crippen LogP contribution in [0.15, 0.2) is 28.7 Å². The number of fused-ring (bicyclic) bond motifs is 1. The standard InChI is InChI=1S/C15H13BrClN3S/c1-3-9-7-10-13(19-15(17)20-14(10)21-9)18-11-6-4-5-8(2)12(11)16/h4-7H,3H2,1-2H3,(H,18,19,20). The van der Waals surface area contributed by atoms with Crippen LogP contribution < -0.4 is 5.32 Å². The minimum Gasteiger partial charge on any atom is -0.339 e. The number of aryl methyl sites for hydroxylation is 2. The predicted molar refractivity (Wildman–Crippen MR) is 94.0 cm³/mol. The lowest BCUT2D eigenvalue weighted by Gasteiger charge is -2.10. The van der Waals surface area contributed by atoms with Gasteiger partial charge in [0.25, 0.3) is 0 Å². The molecule has 21 heavy (non-hydrogen) atoms. The number of rotatable bonds is 3. The molecule has 0 spiro atoms. The highest BCUT2D eigenvalue weighted by molar-refractivity contribution is 9.10. The normalized spacial score (nSPS) is 11.0. The summed E-state index contributed by atoms with van der Waals surface area (Å²) >= 11 is 11.3. The maximum Gasteiger partial charge on any atom is 0.225 e. The van der Waals surface area contributed by atoms with E-state index in [-0.39, 0.29) is 5.28 Å². The number of anilines is 2. The van der Waals surface area contributed by atoms with Gasteiger partial charge >= 0.3 is 0 Å². The molecule has 2 heterocycles. The Morgan fingerprint density at radius 3 is 2.90 bits per heavy atom. The number of nitrogens with one attached hydrogen (secondary N) is 1. The van der Waals surface area contributed by atoms with E-state index in [9.17, 15) is 0 Å². The van der Waals surface area contributed by atoms with Gasteiger partial charge in [-0.15, -0.1) is 11.3 Å². The van der Waals surface area contributed by atoms with Crippen molar-refractivity contribution in [3.8, 4) is 0 Å². The average Bonchev–Trinajstić information content (AvgIpc) is 2.87. The molecule has 0 fully saturated rings. The number of aromatic nitrogens is 2. The Balaban J connectivity index is 2.11. The van der Waals surface area contributed by atoms with Gasteiger partial charge in [0.05, 0.1) is 11.1 Å². The number of hydrogen-bond acceptors (Lipinski definition) is 4. The number of halogens is 2. The molecule has 0 aliphatic heterocycles. The van der Waals surface area contributed by atoms with Crippen molar-refractivity contribution in [1.82, 2.24) is 9.97 Å². The third-order valence-electron chi connectivity index (χ3n) is 3.21. The van der Waals surface area contributed by atoms with Crippen molar-refractivity contribution in [2.45, 2.75) is 20.3 Å². The van der Waals surface area contributed by atoms with Crippen molar-refractivity contribution in [2.24, 2.45) is 0 Å². The van der Waals surface area contributed by atoms with E-state index in [1.165, 1.54) is 4.88 Å². The van der Waals surface area contributed by atoms with E-state index in [0.29, 0.717) is 0 Å². The topological polar surface area (TPSA) is 37.8 Å². The molecule has 3 nitrogen and oxygen atoms in total.